The average Bonchev–Trinajstić information content (AvgIpc) is 0.861. The molecule has 0 saturated heterocycles. The minimum absolute atomic E-state index is 0.331. The molecule has 528 valence electrons. The molecule has 12 rings (SSSR count). The van der Waals surface area contributed by atoms with E-state index in [-0.39, 0.29) is 0 Å². The fraction of sp³-hybridized carbons (Fsp3) is 0.312. The lowest BCUT2D eigenvalue weighted by atomic mass is 9.88. The highest BCUT2D eigenvalue weighted by Gasteiger charge is 2.20. The molecule has 0 amide bonds. The Morgan fingerprint density at radius 2 is 0.637 bits per heavy atom. The normalized spacial score (nSPS) is 10.9. The van der Waals surface area contributed by atoms with E-state index in [4.69, 9.17) is 0 Å². The van der Waals surface area contributed by atoms with Crippen molar-refractivity contribution in [2.45, 2.75) is 148 Å². The summed E-state index contributed by atoms with van der Waals surface area (Å²) in [6, 6.07) is 79.9. The molecule has 6 heterocycles. The lowest BCUT2D eigenvalue weighted by Gasteiger charge is -2.17. The molecule has 6 aromatic heterocycles. The van der Waals surface area contributed by atoms with Crippen molar-refractivity contribution in [1.29, 1.82) is 0 Å². The molecule has 6 heteroatoms. The van der Waals surface area contributed by atoms with Crippen molar-refractivity contribution in [1.82, 2.24) is 0 Å². The standard InChI is InChI=1S/C18H24N.C17H22N.C16H20N.3C15H18N/c1-14-8-6-7-9-16(14)17-11-10-15(13-19(17)5)12-18(2,3)4;1-13(2)11-15-9-10-17(18(4)12-15)16-8-6-5-7-14(16)3;1-12(2)14-9-10-17(4)16(11-14)15-8-6-5-7-13(15)3;1-12(2)14-9-10-15(16(3)11-14)13-7-5-4-6-8-13;1-4-13-9-10-16(3)15(11-13)14-8-6-5-7-12(14)2;1-4-13-9-10-15(16(3)11-13)14-8-6-5-7-12(14)2/h6-11,13H,12H2,1-5H3;5-10,12-13H,11H2,1-4H3;5-12H,1-4H3;4-12H,1-3H3;2*5-11H,4H2,1-3H3/q6*+1. The van der Waals surface area contributed by atoms with Gasteiger partial charge >= 0.3 is 0 Å². The zero-order valence-electron chi connectivity index (χ0n) is 66.1. The fourth-order valence-corrected chi connectivity index (χ4v) is 12.8. The Hall–Kier alpha value is -9.78. The summed E-state index contributed by atoms with van der Waals surface area (Å²) in [7, 11) is 12.7. The Labute approximate surface area is 616 Å². The van der Waals surface area contributed by atoms with Gasteiger partial charge in [0.1, 0.15) is 42.3 Å². The lowest BCUT2D eigenvalue weighted by molar-refractivity contribution is -0.661. The smallest absolute Gasteiger partial charge is 0.201 e. The Bertz CT molecular complexity index is 4640. The maximum Gasteiger partial charge on any atom is 0.212 e. The van der Waals surface area contributed by atoms with E-state index in [0.29, 0.717) is 23.2 Å². The van der Waals surface area contributed by atoms with Crippen LogP contribution in [-0.4, -0.2) is 0 Å². The van der Waals surface area contributed by atoms with E-state index in [0.717, 1.165) is 25.7 Å². The van der Waals surface area contributed by atoms with Crippen LogP contribution in [0.2, 0.25) is 0 Å². The first-order valence-corrected chi connectivity index (χ1v) is 36.9. The predicted molar refractivity (Wildman–Crippen MR) is 431 cm³/mol. The first-order chi connectivity index (χ1) is 48.7. The van der Waals surface area contributed by atoms with Gasteiger partial charge in [-0.3, -0.25) is 0 Å². The number of benzene rings is 6. The van der Waals surface area contributed by atoms with Crippen molar-refractivity contribution < 1.29 is 27.4 Å². The molecular weight excluding hydrogens is 1240 g/mol. The average molecular weight is 1360 g/mol. The predicted octanol–water partition coefficient (Wildman–Crippen LogP) is 20.8. The molecule has 12 aromatic rings. The molecule has 102 heavy (non-hydrogen) atoms. The molecule has 6 aromatic carbocycles. The van der Waals surface area contributed by atoms with Gasteiger partial charge in [0.25, 0.3) is 0 Å². The summed E-state index contributed by atoms with van der Waals surface area (Å²) < 4.78 is 13.3. The second-order valence-electron chi connectivity index (χ2n) is 29.8. The van der Waals surface area contributed by atoms with Gasteiger partial charge in [-0.15, -0.1) is 0 Å². The van der Waals surface area contributed by atoms with Crippen LogP contribution in [0.15, 0.2) is 262 Å². The second-order valence-corrected chi connectivity index (χ2v) is 29.8. The van der Waals surface area contributed by atoms with Crippen molar-refractivity contribution in [2.75, 3.05) is 0 Å². The highest BCUT2D eigenvalue weighted by atomic mass is 14.9. The summed E-state index contributed by atoms with van der Waals surface area (Å²) in [5.74, 6) is 1.85. The van der Waals surface area contributed by atoms with Gasteiger partial charge in [0, 0.05) is 104 Å². The van der Waals surface area contributed by atoms with Crippen molar-refractivity contribution >= 4 is 0 Å². The summed E-state index contributed by atoms with van der Waals surface area (Å²) in [5, 5.41) is 0. The summed E-state index contributed by atoms with van der Waals surface area (Å²) in [6.07, 6.45) is 17.6. The summed E-state index contributed by atoms with van der Waals surface area (Å²) in [6.45, 7) is 35.4. The molecule has 0 aliphatic carbocycles. The molecule has 0 spiro atoms. The minimum atomic E-state index is 0.331. The summed E-state index contributed by atoms with van der Waals surface area (Å²) in [5.41, 5.74) is 30.8. The minimum Gasteiger partial charge on any atom is -0.201 e. The van der Waals surface area contributed by atoms with E-state index in [1.54, 1.807) is 0 Å². The maximum absolute atomic E-state index is 2.30. The van der Waals surface area contributed by atoms with E-state index in [2.05, 4.69) is 436 Å². The SMILES string of the molecule is CC(C)c1ccc(-c2ccccc2)[n+](C)c1.CCc1cc[n+](C)c(-c2ccccc2C)c1.CCc1ccc(-c2ccccc2C)[n+](C)c1.Cc1ccccc1-c1cc(C(C)C)cc[n+]1C.Cc1ccccc1-c1ccc(CC(C)(C)C)c[n+]1C.Cc1ccccc1-c1ccc(CC(C)C)c[n+]1C. The molecule has 0 fully saturated rings. The molecule has 0 bridgehead atoms. The van der Waals surface area contributed by atoms with Crippen LogP contribution >= 0.6 is 0 Å². The van der Waals surface area contributed by atoms with Crippen LogP contribution in [0.4, 0.5) is 0 Å². The highest BCUT2D eigenvalue weighted by molar-refractivity contribution is 5.65. The van der Waals surface area contributed by atoms with Crippen LogP contribution in [0.1, 0.15) is 149 Å². The molecule has 6 nitrogen and oxygen atoms in total. The van der Waals surface area contributed by atoms with Crippen LogP contribution in [0.25, 0.3) is 67.5 Å². The van der Waals surface area contributed by atoms with Crippen LogP contribution in [0, 0.1) is 46.0 Å². The maximum atomic E-state index is 2.30. The Morgan fingerprint density at radius 3 is 1.02 bits per heavy atom. The van der Waals surface area contributed by atoms with Gasteiger partial charge in [-0.05, 0) is 189 Å². The number of pyridine rings is 6. The number of hydrogen-bond donors (Lipinski definition) is 0. The van der Waals surface area contributed by atoms with Crippen LogP contribution in [0.3, 0.4) is 0 Å². The number of aryl methyl sites for hydroxylation is 13. The van der Waals surface area contributed by atoms with Gasteiger partial charge in [0.05, 0.1) is 0 Å². The van der Waals surface area contributed by atoms with Crippen molar-refractivity contribution in [2.24, 2.45) is 53.6 Å². The summed E-state index contributed by atoms with van der Waals surface area (Å²) in [4.78, 5) is 0. The molecular formula is C96H120N6+6. The fourth-order valence-electron chi connectivity index (χ4n) is 12.8. The van der Waals surface area contributed by atoms with E-state index >= 15 is 0 Å². The molecule has 0 unspecified atom stereocenters. The molecule has 0 atom stereocenters. The Morgan fingerprint density at radius 1 is 0.294 bits per heavy atom. The van der Waals surface area contributed by atoms with Gasteiger partial charge in [0.15, 0.2) is 37.2 Å². The molecule has 0 aliphatic rings. The van der Waals surface area contributed by atoms with Crippen LogP contribution in [-0.2, 0) is 68.0 Å². The second kappa shape index (κ2) is 38.3. The third-order valence-electron chi connectivity index (χ3n) is 18.8. The molecule has 0 aliphatic heterocycles. The van der Waals surface area contributed by atoms with E-state index in [1.807, 2.05) is 6.07 Å². The number of nitrogens with zero attached hydrogens (tertiary/aromatic N) is 6. The third kappa shape index (κ3) is 23.1. The van der Waals surface area contributed by atoms with Crippen molar-refractivity contribution in [3.63, 3.8) is 0 Å². The van der Waals surface area contributed by atoms with Gasteiger partial charge < -0.3 is 0 Å². The molecule has 0 saturated carbocycles. The van der Waals surface area contributed by atoms with E-state index < -0.39 is 0 Å². The highest BCUT2D eigenvalue weighted by Crippen LogP contribution is 2.28. The summed E-state index contributed by atoms with van der Waals surface area (Å²) >= 11 is 0. The molecule has 0 radical (unpaired) electrons. The van der Waals surface area contributed by atoms with Crippen molar-refractivity contribution in [3.05, 3.63) is 323 Å². The van der Waals surface area contributed by atoms with Crippen LogP contribution in [0.5, 0.6) is 0 Å². The van der Waals surface area contributed by atoms with Gasteiger partial charge in [-0.2, -0.15) is 0 Å². The zero-order chi connectivity index (χ0) is 74.2. The van der Waals surface area contributed by atoms with Gasteiger partial charge in [0.2, 0.25) is 34.2 Å². The quantitative estimate of drug-likeness (QED) is 0.103. The number of rotatable bonds is 13. The van der Waals surface area contributed by atoms with Gasteiger partial charge in [-0.1, -0.05) is 185 Å². The Balaban J connectivity index is 0.000000172. The van der Waals surface area contributed by atoms with Crippen LogP contribution < -0.4 is 27.4 Å². The number of aromatic nitrogens is 6. The van der Waals surface area contributed by atoms with Crippen molar-refractivity contribution in [3.8, 4) is 67.5 Å². The lowest BCUT2D eigenvalue weighted by Crippen LogP contribution is -2.32. The third-order valence-corrected chi connectivity index (χ3v) is 18.8. The molecule has 0 N–H and O–H groups in total. The van der Waals surface area contributed by atoms with Gasteiger partial charge in [-0.25, -0.2) is 27.4 Å². The largest absolute Gasteiger partial charge is 0.212 e. The topological polar surface area (TPSA) is 23.3 Å². The zero-order valence-corrected chi connectivity index (χ0v) is 66.1. The monoisotopic (exact) mass is 1360 g/mol. The Kier molecular flexibility index (Phi) is 29.9. The number of hydrogen-bond acceptors (Lipinski definition) is 0. The van der Waals surface area contributed by atoms with E-state index in [1.165, 1.54) is 129 Å². The first-order valence-electron chi connectivity index (χ1n) is 36.9. The van der Waals surface area contributed by atoms with E-state index in [9.17, 15) is 0 Å². The first kappa shape index (κ1) is 79.5.